The van der Waals surface area contributed by atoms with E-state index in [1.807, 2.05) is 0 Å². The van der Waals surface area contributed by atoms with Gasteiger partial charge in [-0.05, 0) is 50.6 Å². The van der Waals surface area contributed by atoms with E-state index in [-0.39, 0.29) is 5.56 Å². The minimum atomic E-state index is -1.28. The number of halogens is 1. The molecule has 0 spiro atoms. The molecular weight excluding hydrogens is 351 g/mol. The van der Waals surface area contributed by atoms with Crippen LogP contribution in [0.5, 0.6) is 5.75 Å². The third-order valence-corrected chi connectivity index (χ3v) is 3.60. The van der Waals surface area contributed by atoms with Gasteiger partial charge in [-0.3, -0.25) is 4.79 Å². The van der Waals surface area contributed by atoms with Gasteiger partial charge in [-0.15, -0.1) is 0 Å². The minimum absolute atomic E-state index is 0.274. The minimum Gasteiger partial charge on any atom is -0.497 e. The highest BCUT2D eigenvalue weighted by molar-refractivity contribution is 5.81. The summed E-state index contributed by atoms with van der Waals surface area (Å²) in [5.41, 5.74) is 0.442. The van der Waals surface area contributed by atoms with Gasteiger partial charge in [-0.2, -0.15) is 0 Å². The molecule has 0 N–H and O–H groups in total. The van der Waals surface area contributed by atoms with Gasteiger partial charge in [0.2, 0.25) is 6.10 Å². The van der Waals surface area contributed by atoms with Gasteiger partial charge in [0.05, 0.1) is 7.11 Å². The van der Waals surface area contributed by atoms with Gasteiger partial charge in [0.1, 0.15) is 17.2 Å². The second kappa shape index (κ2) is 8.20. The quantitative estimate of drug-likeness (QED) is 0.724. The Bertz CT molecular complexity index is 821. The van der Waals surface area contributed by atoms with E-state index in [9.17, 15) is 14.0 Å². The molecule has 2 aromatic rings. The van der Waals surface area contributed by atoms with Crippen LogP contribution in [0.2, 0.25) is 0 Å². The summed E-state index contributed by atoms with van der Waals surface area (Å²) in [6.45, 7) is 6.33. The van der Waals surface area contributed by atoms with Crippen LogP contribution in [-0.4, -0.2) is 24.6 Å². The molecule has 0 saturated heterocycles. The summed E-state index contributed by atoms with van der Waals surface area (Å²) in [6.07, 6.45) is -1.28. The largest absolute Gasteiger partial charge is 0.497 e. The van der Waals surface area contributed by atoms with E-state index < -0.39 is 29.5 Å². The summed E-state index contributed by atoms with van der Waals surface area (Å²) in [6, 6.07) is 10.9. The maximum Gasteiger partial charge on any atom is 0.352 e. The van der Waals surface area contributed by atoms with E-state index >= 15 is 0 Å². The highest BCUT2D eigenvalue weighted by Gasteiger charge is 2.30. The molecule has 6 heteroatoms. The third-order valence-electron chi connectivity index (χ3n) is 3.60. The lowest BCUT2D eigenvalue weighted by molar-refractivity contribution is -0.175. The van der Waals surface area contributed by atoms with Gasteiger partial charge in [-0.25, -0.2) is 9.18 Å². The fraction of sp³-hybridized carbons (Fsp3) is 0.333. The first-order valence-electron chi connectivity index (χ1n) is 8.44. The number of carbonyl (C=O) groups excluding carboxylic acids is 2. The molecule has 144 valence electrons. The van der Waals surface area contributed by atoms with Crippen molar-refractivity contribution in [3.8, 4) is 16.9 Å². The van der Waals surface area contributed by atoms with Crippen molar-refractivity contribution < 1.29 is 28.2 Å². The SMILES string of the molecule is COc1ccc(-c2cc(C(OC(C)=O)C(=O)OC(C)(C)C)ccc2F)cc1. The number of rotatable bonds is 5. The Morgan fingerprint density at radius 3 is 2.19 bits per heavy atom. The topological polar surface area (TPSA) is 61.8 Å². The number of carbonyl (C=O) groups is 2. The average Bonchev–Trinajstić information content (AvgIpc) is 2.59. The van der Waals surface area contributed by atoms with Crippen LogP contribution in [0.1, 0.15) is 39.4 Å². The summed E-state index contributed by atoms with van der Waals surface area (Å²) < 4.78 is 30.0. The van der Waals surface area contributed by atoms with Gasteiger partial charge in [0, 0.05) is 18.1 Å². The fourth-order valence-electron chi connectivity index (χ4n) is 2.47. The van der Waals surface area contributed by atoms with Crippen LogP contribution < -0.4 is 4.74 Å². The maximum atomic E-state index is 14.4. The van der Waals surface area contributed by atoms with Crippen molar-refractivity contribution in [3.05, 3.63) is 53.8 Å². The molecule has 0 aliphatic heterocycles. The monoisotopic (exact) mass is 374 g/mol. The number of hydrogen-bond donors (Lipinski definition) is 0. The van der Waals surface area contributed by atoms with Crippen LogP contribution in [0.4, 0.5) is 4.39 Å². The van der Waals surface area contributed by atoms with Crippen molar-refractivity contribution >= 4 is 11.9 Å². The molecule has 2 rings (SSSR count). The van der Waals surface area contributed by atoms with Crippen LogP contribution in [-0.2, 0) is 19.1 Å². The first kappa shape index (κ1) is 20.4. The summed E-state index contributed by atoms with van der Waals surface area (Å²) >= 11 is 0. The summed E-state index contributed by atoms with van der Waals surface area (Å²) in [5.74, 6) is -1.18. The molecule has 0 aliphatic carbocycles. The molecule has 27 heavy (non-hydrogen) atoms. The Hall–Kier alpha value is -2.89. The summed E-state index contributed by atoms with van der Waals surface area (Å²) in [7, 11) is 1.54. The van der Waals surface area contributed by atoms with E-state index in [4.69, 9.17) is 14.2 Å². The maximum absolute atomic E-state index is 14.4. The predicted octanol–water partition coefficient (Wildman–Crippen LogP) is 4.45. The number of esters is 2. The number of hydrogen-bond acceptors (Lipinski definition) is 5. The molecule has 0 aliphatic rings. The zero-order chi connectivity index (χ0) is 20.2. The van der Waals surface area contributed by atoms with Crippen LogP contribution in [0.15, 0.2) is 42.5 Å². The summed E-state index contributed by atoms with van der Waals surface area (Å²) in [4.78, 5) is 24.0. The molecule has 0 radical (unpaired) electrons. The lowest BCUT2D eigenvalue weighted by atomic mass is 9.99. The Morgan fingerprint density at radius 2 is 1.67 bits per heavy atom. The third kappa shape index (κ3) is 5.54. The zero-order valence-corrected chi connectivity index (χ0v) is 16.0. The Kier molecular flexibility index (Phi) is 6.20. The van der Waals surface area contributed by atoms with Gasteiger partial charge in [0.15, 0.2) is 0 Å². The molecule has 0 aromatic heterocycles. The van der Waals surface area contributed by atoms with Crippen molar-refractivity contribution in [2.45, 2.75) is 39.4 Å². The highest BCUT2D eigenvalue weighted by atomic mass is 19.1. The molecule has 5 nitrogen and oxygen atoms in total. The lowest BCUT2D eigenvalue weighted by Gasteiger charge is -2.24. The predicted molar refractivity (Wildman–Crippen MR) is 98.7 cm³/mol. The van der Waals surface area contributed by atoms with Gasteiger partial charge < -0.3 is 14.2 Å². The fourth-order valence-corrected chi connectivity index (χ4v) is 2.47. The van der Waals surface area contributed by atoms with Gasteiger partial charge in [-0.1, -0.05) is 18.2 Å². The Morgan fingerprint density at radius 1 is 1.04 bits per heavy atom. The number of methoxy groups -OCH3 is 1. The molecule has 0 heterocycles. The average molecular weight is 374 g/mol. The second-order valence-electron chi connectivity index (χ2n) is 6.99. The van der Waals surface area contributed by atoms with E-state index in [2.05, 4.69) is 0 Å². The van der Waals surface area contributed by atoms with Crippen molar-refractivity contribution in [3.63, 3.8) is 0 Å². The van der Waals surface area contributed by atoms with Crippen molar-refractivity contribution in [1.82, 2.24) is 0 Å². The molecule has 2 aromatic carbocycles. The normalized spacial score (nSPS) is 12.2. The van der Waals surface area contributed by atoms with Crippen LogP contribution in [0.25, 0.3) is 11.1 Å². The molecule has 1 atom stereocenters. The molecule has 0 fully saturated rings. The van der Waals surface area contributed by atoms with Crippen LogP contribution in [0, 0.1) is 5.82 Å². The Balaban J connectivity index is 2.44. The molecular formula is C21H23FO5. The lowest BCUT2D eigenvalue weighted by Crippen LogP contribution is -2.29. The van der Waals surface area contributed by atoms with E-state index in [0.29, 0.717) is 16.9 Å². The first-order chi connectivity index (χ1) is 12.6. The van der Waals surface area contributed by atoms with Gasteiger partial charge in [0.25, 0.3) is 0 Å². The molecule has 1 unspecified atom stereocenters. The van der Waals surface area contributed by atoms with E-state index in [1.54, 1.807) is 52.1 Å². The van der Waals surface area contributed by atoms with Crippen LogP contribution >= 0.6 is 0 Å². The number of benzene rings is 2. The second-order valence-corrected chi connectivity index (χ2v) is 6.99. The van der Waals surface area contributed by atoms with E-state index in [1.165, 1.54) is 25.1 Å². The standard InChI is InChI=1S/C21H23FO5/c1-13(23)26-19(20(24)27-21(2,3)4)15-8-11-18(22)17(12-15)14-6-9-16(25-5)10-7-14/h6-12,19H,1-5H3. The van der Waals surface area contributed by atoms with Crippen molar-refractivity contribution in [2.24, 2.45) is 0 Å². The van der Waals surface area contributed by atoms with E-state index in [0.717, 1.165) is 0 Å². The van der Waals surface area contributed by atoms with Crippen molar-refractivity contribution in [1.29, 1.82) is 0 Å². The van der Waals surface area contributed by atoms with Gasteiger partial charge >= 0.3 is 11.9 Å². The summed E-state index contributed by atoms with van der Waals surface area (Å²) in [5, 5.41) is 0. The first-order valence-corrected chi connectivity index (χ1v) is 8.44. The zero-order valence-electron chi connectivity index (χ0n) is 16.0. The number of ether oxygens (including phenoxy) is 3. The van der Waals surface area contributed by atoms with Crippen molar-refractivity contribution in [2.75, 3.05) is 7.11 Å². The molecule has 0 bridgehead atoms. The smallest absolute Gasteiger partial charge is 0.352 e. The highest BCUT2D eigenvalue weighted by Crippen LogP contribution is 2.30. The van der Waals surface area contributed by atoms with Crippen LogP contribution in [0.3, 0.4) is 0 Å². The Labute approximate surface area is 158 Å². The molecule has 0 saturated carbocycles. The molecule has 0 amide bonds.